The molecule has 2 amide bonds. The van der Waals surface area contributed by atoms with Gasteiger partial charge in [-0.15, -0.1) is 0 Å². The fraction of sp³-hybridized carbons (Fsp3) is 0.118. The highest BCUT2D eigenvalue weighted by atomic mass is 35.5. The van der Waals surface area contributed by atoms with Crippen molar-refractivity contribution in [2.24, 2.45) is 5.73 Å². The Balaban J connectivity index is 2.23. The smallest absolute Gasteiger partial charge is 0.255 e. The summed E-state index contributed by atoms with van der Waals surface area (Å²) < 4.78 is 5.30. The number of benzene rings is 1. The first-order chi connectivity index (χ1) is 11.3. The van der Waals surface area contributed by atoms with E-state index in [0.29, 0.717) is 5.02 Å². The molecule has 124 valence electrons. The number of rotatable bonds is 5. The lowest BCUT2D eigenvalue weighted by Crippen LogP contribution is -2.18. The van der Waals surface area contributed by atoms with Crippen LogP contribution in [0.5, 0.6) is 0 Å². The SMILES string of the molecule is CC(=O)c1c(C)oc(NC(=O)/C=C/c2ccc(Cl)cc2)c1C(N)=O. The number of nitrogens with two attached hydrogens (primary N) is 1. The van der Waals surface area contributed by atoms with Gasteiger partial charge in [0.15, 0.2) is 5.78 Å². The van der Waals surface area contributed by atoms with E-state index in [1.165, 1.54) is 19.9 Å². The molecule has 1 aromatic heterocycles. The van der Waals surface area contributed by atoms with Crippen molar-refractivity contribution in [2.75, 3.05) is 5.32 Å². The lowest BCUT2D eigenvalue weighted by Gasteiger charge is -2.01. The van der Waals surface area contributed by atoms with E-state index in [1.54, 1.807) is 30.3 Å². The zero-order chi connectivity index (χ0) is 17.9. The van der Waals surface area contributed by atoms with E-state index in [0.717, 1.165) is 5.56 Å². The maximum Gasteiger partial charge on any atom is 0.255 e. The van der Waals surface area contributed by atoms with Gasteiger partial charge in [-0.05, 0) is 37.6 Å². The molecular weight excluding hydrogens is 332 g/mol. The van der Waals surface area contributed by atoms with E-state index in [-0.39, 0.29) is 28.6 Å². The normalized spacial score (nSPS) is 10.8. The molecule has 0 fully saturated rings. The van der Waals surface area contributed by atoms with Gasteiger partial charge in [0.05, 0.1) is 5.56 Å². The summed E-state index contributed by atoms with van der Waals surface area (Å²) in [6.45, 7) is 2.80. The van der Waals surface area contributed by atoms with Crippen molar-refractivity contribution in [3.63, 3.8) is 0 Å². The minimum atomic E-state index is -0.853. The second-order valence-corrected chi connectivity index (χ2v) is 5.47. The second-order valence-electron chi connectivity index (χ2n) is 5.03. The molecule has 0 saturated carbocycles. The van der Waals surface area contributed by atoms with Gasteiger partial charge >= 0.3 is 0 Å². The number of carbonyl (C=O) groups is 3. The summed E-state index contributed by atoms with van der Waals surface area (Å²) in [6, 6.07) is 6.87. The number of furan rings is 1. The van der Waals surface area contributed by atoms with Crippen molar-refractivity contribution >= 4 is 41.2 Å². The van der Waals surface area contributed by atoms with Crippen molar-refractivity contribution in [1.82, 2.24) is 0 Å². The van der Waals surface area contributed by atoms with Crippen molar-refractivity contribution < 1.29 is 18.8 Å². The molecule has 0 bridgehead atoms. The summed E-state index contributed by atoms with van der Waals surface area (Å²) in [5, 5.41) is 3.01. The van der Waals surface area contributed by atoms with E-state index in [2.05, 4.69) is 5.32 Å². The minimum absolute atomic E-state index is 0.0690. The molecule has 1 heterocycles. The Bertz CT molecular complexity index is 835. The van der Waals surface area contributed by atoms with Crippen LogP contribution in [0.3, 0.4) is 0 Å². The van der Waals surface area contributed by atoms with Crippen molar-refractivity contribution in [1.29, 1.82) is 0 Å². The van der Waals surface area contributed by atoms with Gasteiger partial charge in [0.25, 0.3) is 11.8 Å². The van der Waals surface area contributed by atoms with Crippen LogP contribution in [-0.4, -0.2) is 17.6 Å². The number of amides is 2. The largest absolute Gasteiger partial charge is 0.444 e. The molecule has 0 radical (unpaired) electrons. The number of carbonyl (C=O) groups excluding carboxylic acids is 3. The van der Waals surface area contributed by atoms with E-state index in [4.69, 9.17) is 21.8 Å². The Morgan fingerprint density at radius 1 is 1.17 bits per heavy atom. The number of primary amides is 1. The Kier molecular flexibility index (Phi) is 5.21. The monoisotopic (exact) mass is 346 g/mol. The Labute approximate surface area is 143 Å². The molecule has 6 nitrogen and oxygen atoms in total. The van der Waals surface area contributed by atoms with E-state index in [1.807, 2.05) is 0 Å². The fourth-order valence-corrected chi connectivity index (χ4v) is 2.32. The zero-order valence-electron chi connectivity index (χ0n) is 13.1. The third-order valence-electron chi connectivity index (χ3n) is 3.22. The third kappa shape index (κ3) is 3.91. The highest BCUT2D eigenvalue weighted by molar-refractivity contribution is 6.30. The Morgan fingerprint density at radius 2 is 1.79 bits per heavy atom. The Morgan fingerprint density at radius 3 is 2.33 bits per heavy atom. The average molecular weight is 347 g/mol. The quantitative estimate of drug-likeness (QED) is 0.641. The summed E-state index contributed by atoms with van der Waals surface area (Å²) in [5.74, 6) is -1.68. The van der Waals surface area contributed by atoms with Gasteiger partial charge in [0, 0.05) is 11.1 Å². The van der Waals surface area contributed by atoms with Crippen molar-refractivity contribution in [2.45, 2.75) is 13.8 Å². The van der Waals surface area contributed by atoms with Gasteiger partial charge in [-0.3, -0.25) is 19.7 Å². The summed E-state index contributed by atoms with van der Waals surface area (Å²) >= 11 is 5.78. The first-order valence-electron chi connectivity index (χ1n) is 6.98. The Hall–Kier alpha value is -2.86. The summed E-state index contributed by atoms with van der Waals surface area (Å²) in [5.41, 5.74) is 5.99. The number of ketones is 1. The summed E-state index contributed by atoms with van der Waals surface area (Å²) in [7, 11) is 0. The van der Waals surface area contributed by atoms with Crippen LogP contribution in [0, 0.1) is 6.92 Å². The van der Waals surface area contributed by atoms with Gasteiger partial charge in [-0.1, -0.05) is 23.7 Å². The number of anilines is 1. The first kappa shape index (κ1) is 17.5. The topological polar surface area (TPSA) is 102 Å². The summed E-state index contributed by atoms with van der Waals surface area (Å²) in [4.78, 5) is 35.2. The number of Topliss-reactive ketones (excluding diaryl/α,β-unsaturated/α-hetero) is 1. The number of nitrogens with one attached hydrogen (secondary N) is 1. The zero-order valence-corrected chi connectivity index (χ0v) is 13.8. The highest BCUT2D eigenvalue weighted by Gasteiger charge is 2.25. The molecule has 0 unspecified atom stereocenters. The maximum atomic E-state index is 12.0. The predicted octanol–water partition coefficient (Wildman–Crippen LogP) is 3.19. The van der Waals surface area contributed by atoms with Crippen LogP contribution in [0.1, 0.15) is 39.0 Å². The average Bonchev–Trinajstić information content (AvgIpc) is 2.83. The molecule has 0 aliphatic carbocycles. The van der Waals surface area contributed by atoms with Gasteiger partial charge < -0.3 is 10.2 Å². The maximum absolute atomic E-state index is 12.0. The molecule has 0 spiro atoms. The first-order valence-corrected chi connectivity index (χ1v) is 7.36. The van der Waals surface area contributed by atoms with Crippen LogP contribution in [0.4, 0.5) is 5.88 Å². The molecule has 0 saturated heterocycles. The van der Waals surface area contributed by atoms with Crippen LogP contribution in [0.2, 0.25) is 5.02 Å². The molecule has 0 aliphatic rings. The molecule has 2 rings (SSSR count). The van der Waals surface area contributed by atoms with Gasteiger partial charge in [-0.25, -0.2) is 0 Å². The molecule has 0 aliphatic heterocycles. The predicted molar refractivity (Wildman–Crippen MR) is 91.1 cm³/mol. The molecule has 2 aromatic rings. The lowest BCUT2D eigenvalue weighted by atomic mass is 10.1. The van der Waals surface area contributed by atoms with Crippen molar-refractivity contribution in [3.05, 3.63) is 57.8 Å². The summed E-state index contributed by atoms with van der Waals surface area (Å²) in [6.07, 6.45) is 2.83. The van der Waals surface area contributed by atoms with E-state index < -0.39 is 11.8 Å². The van der Waals surface area contributed by atoms with Gasteiger partial charge in [-0.2, -0.15) is 0 Å². The van der Waals surface area contributed by atoms with E-state index >= 15 is 0 Å². The molecular formula is C17H15ClN2O4. The molecule has 3 N–H and O–H groups in total. The van der Waals surface area contributed by atoms with Crippen LogP contribution < -0.4 is 11.1 Å². The van der Waals surface area contributed by atoms with Crippen molar-refractivity contribution in [3.8, 4) is 0 Å². The van der Waals surface area contributed by atoms with E-state index in [9.17, 15) is 14.4 Å². The fourth-order valence-electron chi connectivity index (χ4n) is 2.19. The number of hydrogen-bond donors (Lipinski definition) is 2. The molecule has 1 aromatic carbocycles. The lowest BCUT2D eigenvalue weighted by molar-refractivity contribution is -0.111. The molecule has 24 heavy (non-hydrogen) atoms. The molecule has 7 heteroatoms. The minimum Gasteiger partial charge on any atom is -0.444 e. The molecule has 0 atom stereocenters. The number of aryl methyl sites for hydroxylation is 1. The standard InChI is InChI=1S/C17H15ClN2O4/c1-9(21)14-10(2)24-17(15(14)16(19)23)20-13(22)8-5-11-3-6-12(18)7-4-11/h3-8H,1-2H3,(H2,19,23)(H,20,22)/b8-5+. The van der Waals surface area contributed by atoms with Crippen LogP contribution in [0.15, 0.2) is 34.8 Å². The number of halogens is 1. The van der Waals surface area contributed by atoms with Crippen LogP contribution in [0.25, 0.3) is 6.08 Å². The third-order valence-corrected chi connectivity index (χ3v) is 3.47. The highest BCUT2D eigenvalue weighted by Crippen LogP contribution is 2.27. The van der Waals surface area contributed by atoms with Crippen LogP contribution in [-0.2, 0) is 4.79 Å². The van der Waals surface area contributed by atoms with Crippen LogP contribution >= 0.6 is 11.6 Å². The second kappa shape index (κ2) is 7.14. The number of hydrogen-bond acceptors (Lipinski definition) is 4. The van der Waals surface area contributed by atoms with Gasteiger partial charge in [0.1, 0.15) is 11.3 Å². The van der Waals surface area contributed by atoms with Gasteiger partial charge in [0.2, 0.25) is 5.88 Å².